The Morgan fingerprint density at radius 3 is 2.68 bits per heavy atom. The summed E-state index contributed by atoms with van der Waals surface area (Å²) in [6, 6.07) is -0.189. The van der Waals surface area contributed by atoms with Crippen LogP contribution in [-0.4, -0.2) is 52.8 Å². The number of carboxylic acids is 1. The van der Waals surface area contributed by atoms with Gasteiger partial charge in [0.2, 0.25) is 5.13 Å². The lowest BCUT2D eigenvalue weighted by Gasteiger charge is -2.20. The normalized spacial score (nSPS) is 12.1. The van der Waals surface area contributed by atoms with Crippen molar-refractivity contribution in [2.24, 2.45) is 0 Å². The van der Waals surface area contributed by atoms with Gasteiger partial charge in [-0.25, -0.2) is 4.72 Å². The van der Waals surface area contributed by atoms with Gasteiger partial charge in [-0.15, -0.1) is 10.2 Å². The zero-order valence-electron chi connectivity index (χ0n) is 10.5. The number of carbonyl (C=O) groups is 1. The maximum absolute atomic E-state index is 11.9. The third-order valence-electron chi connectivity index (χ3n) is 2.05. The van der Waals surface area contributed by atoms with Crippen molar-refractivity contribution in [1.29, 1.82) is 0 Å². The third-order valence-corrected chi connectivity index (χ3v) is 5.77. The molecule has 108 valence electrons. The highest BCUT2D eigenvalue weighted by atomic mass is 32.2. The molecule has 11 heteroatoms. The van der Waals surface area contributed by atoms with Gasteiger partial charge in [-0.05, 0) is 13.8 Å². The first-order chi connectivity index (χ1) is 8.72. The molecule has 0 aliphatic heterocycles. The van der Waals surface area contributed by atoms with E-state index in [9.17, 15) is 13.2 Å². The van der Waals surface area contributed by atoms with E-state index in [2.05, 4.69) is 14.9 Å². The number of nitrogens with zero attached hydrogens (tertiary/aromatic N) is 3. The van der Waals surface area contributed by atoms with Gasteiger partial charge in [0, 0.05) is 13.1 Å². The van der Waals surface area contributed by atoms with E-state index in [1.807, 2.05) is 0 Å². The lowest BCUT2D eigenvalue weighted by molar-refractivity contribution is -0.133. The van der Waals surface area contributed by atoms with Gasteiger partial charge in [0.1, 0.15) is 0 Å². The average molecular weight is 326 g/mol. The summed E-state index contributed by atoms with van der Waals surface area (Å²) < 4.78 is 27.6. The van der Waals surface area contributed by atoms with Crippen molar-refractivity contribution in [3.05, 3.63) is 0 Å². The van der Waals surface area contributed by atoms with Crippen LogP contribution < -0.4 is 4.72 Å². The highest BCUT2D eigenvalue weighted by molar-refractivity contribution is 8.01. The largest absolute Gasteiger partial charge is 0.481 e. The minimum atomic E-state index is -3.66. The average Bonchev–Trinajstić information content (AvgIpc) is 2.72. The van der Waals surface area contributed by atoms with E-state index in [-0.39, 0.29) is 16.9 Å². The van der Waals surface area contributed by atoms with Crippen molar-refractivity contribution in [2.75, 3.05) is 17.5 Å². The number of hydrogen-bond acceptors (Lipinski definition) is 7. The van der Waals surface area contributed by atoms with Gasteiger partial charge in [0.05, 0.1) is 5.75 Å². The lowest BCUT2D eigenvalue weighted by Crippen LogP contribution is -2.37. The first kappa shape index (κ1) is 16.1. The van der Waals surface area contributed by atoms with Crippen LogP contribution in [0.2, 0.25) is 0 Å². The zero-order chi connectivity index (χ0) is 14.6. The third kappa shape index (κ3) is 4.93. The Balaban J connectivity index is 2.70. The smallest absolute Gasteiger partial charge is 0.313 e. The summed E-state index contributed by atoms with van der Waals surface area (Å²) in [6.45, 7) is 3.49. The van der Waals surface area contributed by atoms with E-state index in [0.717, 1.165) is 23.1 Å². The standard InChI is InChI=1S/C8H14N4O4S3/c1-5(2)12(3)19(15,16)11-7-9-10-8(18-7)17-4-6(13)14/h5H,4H2,1-3H3,(H,9,11)(H,13,14). The molecule has 2 N–H and O–H groups in total. The molecule has 0 aliphatic rings. The molecule has 8 nitrogen and oxygen atoms in total. The number of nitrogens with one attached hydrogen (secondary N) is 1. The Kier molecular flexibility index (Phi) is 5.52. The molecule has 1 aromatic rings. The van der Waals surface area contributed by atoms with Crippen LogP contribution in [0.1, 0.15) is 13.8 Å². The van der Waals surface area contributed by atoms with Gasteiger partial charge in [-0.2, -0.15) is 12.7 Å². The topological polar surface area (TPSA) is 112 Å². The summed E-state index contributed by atoms with van der Waals surface area (Å²) >= 11 is 1.98. The Labute approximate surface area is 119 Å². The molecule has 0 aromatic carbocycles. The molecule has 0 spiro atoms. The van der Waals surface area contributed by atoms with Crippen LogP contribution in [0, 0.1) is 0 Å². The molecule has 1 heterocycles. The van der Waals surface area contributed by atoms with Crippen molar-refractivity contribution >= 4 is 44.4 Å². The monoisotopic (exact) mass is 326 g/mol. The summed E-state index contributed by atoms with van der Waals surface area (Å²) in [5, 5.41) is 16.0. The highest BCUT2D eigenvalue weighted by Crippen LogP contribution is 2.26. The van der Waals surface area contributed by atoms with Crippen LogP contribution in [0.15, 0.2) is 4.34 Å². The molecule has 1 rings (SSSR count). The molecule has 0 aliphatic carbocycles. The van der Waals surface area contributed by atoms with Crippen molar-refractivity contribution in [2.45, 2.75) is 24.2 Å². The fourth-order valence-corrected chi connectivity index (χ4v) is 3.66. The minimum Gasteiger partial charge on any atom is -0.481 e. The first-order valence-corrected chi connectivity index (χ1v) is 8.40. The maximum Gasteiger partial charge on any atom is 0.313 e. The van der Waals surface area contributed by atoms with Crippen LogP contribution in [0.5, 0.6) is 0 Å². The van der Waals surface area contributed by atoms with Crippen molar-refractivity contribution in [1.82, 2.24) is 14.5 Å². The van der Waals surface area contributed by atoms with E-state index in [1.165, 1.54) is 11.4 Å². The van der Waals surface area contributed by atoms with Gasteiger partial charge in [0.15, 0.2) is 4.34 Å². The molecule has 0 bridgehead atoms. The molecular weight excluding hydrogens is 312 g/mol. The number of aromatic nitrogens is 2. The first-order valence-electron chi connectivity index (χ1n) is 5.16. The van der Waals surface area contributed by atoms with E-state index in [4.69, 9.17) is 5.11 Å². The number of anilines is 1. The van der Waals surface area contributed by atoms with Crippen molar-refractivity contribution in [3.8, 4) is 0 Å². The molecule has 0 saturated heterocycles. The van der Waals surface area contributed by atoms with Crippen molar-refractivity contribution < 1.29 is 18.3 Å². The quantitative estimate of drug-likeness (QED) is 0.710. The molecular formula is C8H14N4O4S3. The number of rotatable bonds is 7. The fourth-order valence-electron chi connectivity index (χ4n) is 0.893. The second kappa shape index (κ2) is 6.50. The number of aliphatic carboxylic acids is 1. The van der Waals surface area contributed by atoms with Crippen LogP contribution in [0.25, 0.3) is 0 Å². The SMILES string of the molecule is CC(C)N(C)S(=O)(=O)Nc1nnc(SCC(=O)O)s1. The summed E-state index contributed by atoms with van der Waals surface area (Å²) in [5.74, 6) is -1.12. The summed E-state index contributed by atoms with van der Waals surface area (Å²) in [4.78, 5) is 10.4. The van der Waals surface area contributed by atoms with Crippen molar-refractivity contribution in [3.63, 3.8) is 0 Å². The molecule has 0 saturated carbocycles. The molecule has 0 atom stereocenters. The van der Waals surface area contributed by atoms with E-state index < -0.39 is 16.2 Å². The van der Waals surface area contributed by atoms with E-state index >= 15 is 0 Å². The van der Waals surface area contributed by atoms with E-state index in [0.29, 0.717) is 4.34 Å². The molecule has 0 amide bonds. The Bertz CT molecular complexity index is 542. The van der Waals surface area contributed by atoms with Crippen LogP contribution in [-0.2, 0) is 15.0 Å². The van der Waals surface area contributed by atoms with E-state index in [1.54, 1.807) is 13.8 Å². The summed E-state index contributed by atoms with van der Waals surface area (Å²) in [7, 11) is -2.21. The second-order valence-electron chi connectivity index (χ2n) is 3.77. The van der Waals surface area contributed by atoms with Crippen LogP contribution >= 0.6 is 23.1 Å². The summed E-state index contributed by atoms with van der Waals surface area (Å²) in [6.07, 6.45) is 0. The lowest BCUT2D eigenvalue weighted by atomic mass is 10.4. The van der Waals surface area contributed by atoms with Gasteiger partial charge < -0.3 is 5.11 Å². The highest BCUT2D eigenvalue weighted by Gasteiger charge is 2.22. The van der Waals surface area contributed by atoms with Crippen LogP contribution in [0.3, 0.4) is 0 Å². The Morgan fingerprint density at radius 1 is 1.53 bits per heavy atom. The van der Waals surface area contributed by atoms with Gasteiger partial charge in [-0.1, -0.05) is 23.1 Å². The molecule has 19 heavy (non-hydrogen) atoms. The van der Waals surface area contributed by atoms with Crippen LogP contribution in [0.4, 0.5) is 5.13 Å². The zero-order valence-corrected chi connectivity index (χ0v) is 13.0. The second-order valence-corrected chi connectivity index (χ2v) is 7.70. The van der Waals surface area contributed by atoms with Gasteiger partial charge in [0.25, 0.3) is 0 Å². The number of hydrogen-bond donors (Lipinski definition) is 2. The summed E-state index contributed by atoms with van der Waals surface area (Å²) in [5.41, 5.74) is 0. The van der Waals surface area contributed by atoms with Gasteiger partial charge in [-0.3, -0.25) is 4.79 Å². The predicted molar refractivity (Wildman–Crippen MR) is 73.7 cm³/mol. The molecule has 1 aromatic heterocycles. The predicted octanol–water partition coefficient (Wildman–Crippen LogP) is 0.712. The Hall–Kier alpha value is -0.910. The molecule has 0 unspecified atom stereocenters. The molecule has 0 radical (unpaired) electrons. The number of thioether (sulfide) groups is 1. The van der Waals surface area contributed by atoms with Gasteiger partial charge >= 0.3 is 16.2 Å². The Morgan fingerprint density at radius 2 is 2.16 bits per heavy atom. The fraction of sp³-hybridized carbons (Fsp3) is 0.625. The molecule has 0 fully saturated rings. The maximum atomic E-state index is 11.9. The number of carboxylic acid groups (broad SMARTS) is 1. The minimum absolute atomic E-state index is 0.111.